The normalized spacial score (nSPS) is 10.7. The second-order valence-electron chi connectivity index (χ2n) is 5.46. The second-order valence-corrected chi connectivity index (χ2v) is 6.40. The molecule has 9 heteroatoms. The van der Waals surface area contributed by atoms with E-state index in [2.05, 4.69) is 20.5 Å². The molecule has 8 nitrogen and oxygen atoms in total. The Bertz CT molecular complexity index is 797. The Labute approximate surface area is 162 Å². The van der Waals surface area contributed by atoms with Gasteiger partial charge in [-0.25, -0.2) is 15.4 Å². The van der Waals surface area contributed by atoms with E-state index < -0.39 is 0 Å². The molecule has 0 saturated heterocycles. The maximum absolute atomic E-state index is 12.0. The Hall–Kier alpha value is -2.81. The Kier molecular flexibility index (Phi) is 7.42. The van der Waals surface area contributed by atoms with Gasteiger partial charge in [-0.15, -0.1) is 0 Å². The molecule has 1 heterocycles. The Morgan fingerprint density at radius 3 is 2.19 bits per heavy atom. The van der Waals surface area contributed by atoms with Crippen LogP contribution in [0.5, 0.6) is 17.2 Å². The summed E-state index contributed by atoms with van der Waals surface area (Å²) < 4.78 is 15.9. The first-order valence-corrected chi connectivity index (χ1v) is 9.02. The van der Waals surface area contributed by atoms with Crippen LogP contribution in [0, 0.1) is 13.8 Å². The average Bonchev–Trinajstić information content (AvgIpc) is 2.65. The lowest BCUT2D eigenvalue weighted by molar-refractivity contribution is -0.118. The average molecular weight is 390 g/mol. The minimum atomic E-state index is -0.273. The third-order valence-electron chi connectivity index (χ3n) is 3.43. The van der Waals surface area contributed by atoms with Gasteiger partial charge in [0.25, 0.3) is 5.91 Å². The number of carbonyl (C=O) groups excluding carboxylic acids is 1. The Balaban J connectivity index is 2.01. The van der Waals surface area contributed by atoms with Gasteiger partial charge < -0.3 is 14.2 Å². The molecule has 0 spiro atoms. The zero-order valence-electron chi connectivity index (χ0n) is 15.9. The highest BCUT2D eigenvalue weighted by molar-refractivity contribution is 7.99. The maximum Gasteiger partial charge on any atom is 0.250 e. The van der Waals surface area contributed by atoms with E-state index in [1.807, 2.05) is 19.9 Å². The van der Waals surface area contributed by atoms with Crippen LogP contribution in [0.25, 0.3) is 0 Å². The van der Waals surface area contributed by atoms with Crippen molar-refractivity contribution in [2.45, 2.75) is 19.0 Å². The number of aryl methyl sites for hydroxylation is 2. The molecule has 1 aromatic heterocycles. The minimum Gasteiger partial charge on any atom is -0.496 e. The highest BCUT2D eigenvalue weighted by Gasteiger charge is 2.12. The van der Waals surface area contributed by atoms with Gasteiger partial charge in [-0.05, 0) is 19.9 Å². The highest BCUT2D eigenvalue weighted by atomic mass is 32.2. The lowest BCUT2D eigenvalue weighted by atomic mass is 10.2. The minimum absolute atomic E-state index is 0.150. The molecule has 0 saturated carbocycles. The van der Waals surface area contributed by atoms with Gasteiger partial charge in [0, 0.05) is 23.5 Å². The molecular weight excluding hydrogens is 368 g/mol. The summed E-state index contributed by atoms with van der Waals surface area (Å²) in [6, 6.07) is 5.29. The SMILES string of the molecule is COc1cc(OC)c(/C=N\NC(=O)CSc2nc(C)cc(C)n2)c(OC)c1. The van der Waals surface area contributed by atoms with E-state index in [4.69, 9.17) is 14.2 Å². The predicted octanol–water partition coefficient (Wildman–Crippen LogP) is 2.36. The van der Waals surface area contributed by atoms with Crippen LogP contribution in [0.15, 0.2) is 28.5 Å². The van der Waals surface area contributed by atoms with E-state index in [9.17, 15) is 4.79 Å². The van der Waals surface area contributed by atoms with Crippen LogP contribution in [0.1, 0.15) is 17.0 Å². The van der Waals surface area contributed by atoms with E-state index in [-0.39, 0.29) is 11.7 Å². The first kappa shape index (κ1) is 20.5. The van der Waals surface area contributed by atoms with E-state index in [0.29, 0.717) is 28.0 Å². The molecule has 2 aromatic rings. The number of hydrogen-bond acceptors (Lipinski definition) is 8. The second kappa shape index (κ2) is 9.77. The van der Waals surface area contributed by atoms with Gasteiger partial charge in [0.05, 0.1) is 38.9 Å². The number of benzene rings is 1. The molecule has 0 aliphatic carbocycles. The van der Waals surface area contributed by atoms with Crippen molar-refractivity contribution < 1.29 is 19.0 Å². The lowest BCUT2D eigenvalue weighted by Crippen LogP contribution is -2.20. The largest absolute Gasteiger partial charge is 0.496 e. The molecule has 0 atom stereocenters. The number of carbonyl (C=O) groups is 1. The summed E-state index contributed by atoms with van der Waals surface area (Å²) >= 11 is 1.25. The smallest absolute Gasteiger partial charge is 0.250 e. The van der Waals surface area contributed by atoms with Crippen molar-refractivity contribution in [2.75, 3.05) is 27.1 Å². The number of methoxy groups -OCH3 is 3. The summed E-state index contributed by atoms with van der Waals surface area (Å²) in [5.41, 5.74) is 4.79. The molecule has 1 N–H and O–H groups in total. The van der Waals surface area contributed by atoms with Crippen LogP contribution >= 0.6 is 11.8 Å². The number of thioether (sulfide) groups is 1. The fraction of sp³-hybridized carbons (Fsp3) is 0.333. The van der Waals surface area contributed by atoms with Crippen LogP contribution in [0.2, 0.25) is 0 Å². The summed E-state index contributed by atoms with van der Waals surface area (Å²) in [7, 11) is 4.62. The molecule has 1 amide bonds. The monoisotopic (exact) mass is 390 g/mol. The molecule has 0 radical (unpaired) electrons. The van der Waals surface area contributed by atoms with Crippen LogP contribution in [0.3, 0.4) is 0 Å². The molecule has 0 bridgehead atoms. The lowest BCUT2D eigenvalue weighted by Gasteiger charge is -2.12. The van der Waals surface area contributed by atoms with Crippen molar-refractivity contribution in [3.63, 3.8) is 0 Å². The molecule has 144 valence electrons. The van der Waals surface area contributed by atoms with E-state index >= 15 is 0 Å². The van der Waals surface area contributed by atoms with Crippen LogP contribution in [-0.2, 0) is 4.79 Å². The predicted molar refractivity (Wildman–Crippen MR) is 104 cm³/mol. The number of nitrogens with one attached hydrogen (secondary N) is 1. The van der Waals surface area contributed by atoms with E-state index in [0.717, 1.165) is 11.4 Å². The van der Waals surface area contributed by atoms with Crippen LogP contribution < -0.4 is 19.6 Å². The van der Waals surface area contributed by atoms with Crippen LogP contribution in [0.4, 0.5) is 0 Å². The zero-order valence-corrected chi connectivity index (χ0v) is 16.7. The molecular formula is C18H22N4O4S. The van der Waals surface area contributed by atoms with Crippen LogP contribution in [-0.4, -0.2) is 49.2 Å². The molecule has 27 heavy (non-hydrogen) atoms. The van der Waals surface area contributed by atoms with Crippen molar-refractivity contribution in [3.8, 4) is 17.2 Å². The van der Waals surface area contributed by atoms with E-state index in [1.54, 1.807) is 19.2 Å². The number of hydrazone groups is 1. The number of nitrogens with zero attached hydrogens (tertiary/aromatic N) is 3. The fourth-order valence-corrected chi connectivity index (χ4v) is 2.99. The van der Waals surface area contributed by atoms with Gasteiger partial charge >= 0.3 is 0 Å². The van der Waals surface area contributed by atoms with E-state index in [1.165, 1.54) is 32.2 Å². The summed E-state index contributed by atoms with van der Waals surface area (Å²) in [5.74, 6) is 1.50. The van der Waals surface area contributed by atoms with Gasteiger partial charge in [-0.3, -0.25) is 4.79 Å². The maximum atomic E-state index is 12.0. The molecule has 1 aromatic carbocycles. The third-order valence-corrected chi connectivity index (χ3v) is 4.28. The van der Waals surface area contributed by atoms with Gasteiger partial charge in [-0.1, -0.05) is 11.8 Å². The number of aromatic nitrogens is 2. The summed E-state index contributed by atoms with van der Waals surface area (Å²) in [6.07, 6.45) is 1.47. The van der Waals surface area contributed by atoms with Gasteiger partial charge in [-0.2, -0.15) is 5.10 Å². The third kappa shape index (κ3) is 5.85. The molecule has 0 aliphatic heterocycles. The first-order chi connectivity index (χ1) is 13.0. The van der Waals surface area contributed by atoms with Gasteiger partial charge in [0.1, 0.15) is 17.2 Å². The fourth-order valence-electron chi connectivity index (χ4n) is 2.25. The van der Waals surface area contributed by atoms with Crippen molar-refractivity contribution in [1.29, 1.82) is 0 Å². The number of ether oxygens (including phenoxy) is 3. The van der Waals surface area contributed by atoms with Crippen molar-refractivity contribution in [2.24, 2.45) is 5.10 Å². The van der Waals surface area contributed by atoms with Crippen molar-refractivity contribution in [1.82, 2.24) is 15.4 Å². The Morgan fingerprint density at radius 1 is 1.07 bits per heavy atom. The quantitative estimate of drug-likeness (QED) is 0.320. The van der Waals surface area contributed by atoms with Crippen molar-refractivity contribution >= 4 is 23.9 Å². The number of rotatable bonds is 8. The first-order valence-electron chi connectivity index (χ1n) is 8.03. The molecule has 0 unspecified atom stereocenters. The zero-order chi connectivity index (χ0) is 19.8. The highest BCUT2D eigenvalue weighted by Crippen LogP contribution is 2.32. The molecule has 0 aliphatic rings. The van der Waals surface area contributed by atoms with Crippen molar-refractivity contribution in [3.05, 3.63) is 35.2 Å². The number of amides is 1. The summed E-state index contributed by atoms with van der Waals surface area (Å²) in [5, 5.41) is 4.54. The molecule has 2 rings (SSSR count). The summed E-state index contributed by atoms with van der Waals surface area (Å²) in [4.78, 5) is 20.6. The number of hydrogen-bond donors (Lipinski definition) is 1. The topological polar surface area (TPSA) is 94.9 Å². The Morgan fingerprint density at radius 2 is 1.67 bits per heavy atom. The summed E-state index contributed by atoms with van der Waals surface area (Å²) in [6.45, 7) is 3.78. The standard InChI is InChI=1S/C18H22N4O4S/c1-11-6-12(2)21-18(20-11)27-10-17(23)22-19-9-14-15(25-4)7-13(24-3)8-16(14)26-5/h6-9H,10H2,1-5H3,(H,22,23)/b19-9-. The van der Waals surface area contributed by atoms with Gasteiger partial charge in [0.15, 0.2) is 5.16 Å². The molecule has 0 fully saturated rings. The van der Waals surface area contributed by atoms with Gasteiger partial charge in [0.2, 0.25) is 0 Å².